The maximum Gasteiger partial charge on any atom is 0.130 e. The van der Waals surface area contributed by atoms with Crippen LogP contribution in [-0.4, -0.2) is 18.0 Å². The van der Waals surface area contributed by atoms with Crippen LogP contribution in [0.4, 0.5) is 4.39 Å². The van der Waals surface area contributed by atoms with Crippen molar-refractivity contribution in [2.45, 2.75) is 25.8 Å². The lowest BCUT2D eigenvalue weighted by Crippen LogP contribution is -2.47. The third-order valence-electron chi connectivity index (χ3n) is 5.88. The van der Waals surface area contributed by atoms with E-state index in [4.69, 9.17) is 0 Å². The normalized spacial score (nSPS) is 26.8. The highest BCUT2D eigenvalue weighted by atomic mass is 19.1. The summed E-state index contributed by atoms with van der Waals surface area (Å²) in [5.74, 6) is 1.89. The minimum absolute atomic E-state index is 0.120. The maximum atomic E-state index is 13.9. The van der Waals surface area contributed by atoms with E-state index in [2.05, 4.69) is 41.3 Å². The van der Waals surface area contributed by atoms with Crippen molar-refractivity contribution < 1.29 is 4.39 Å². The first-order valence-corrected chi connectivity index (χ1v) is 9.48. The highest BCUT2D eigenvalue weighted by Crippen LogP contribution is 2.41. The lowest BCUT2D eigenvalue weighted by Gasteiger charge is -2.46. The summed E-state index contributed by atoms with van der Waals surface area (Å²) in [6, 6.07) is 17.8. The van der Waals surface area contributed by atoms with Gasteiger partial charge in [-0.25, -0.2) is 4.39 Å². The van der Waals surface area contributed by atoms with Gasteiger partial charge in [-0.3, -0.25) is 4.90 Å². The summed E-state index contributed by atoms with van der Waals surface area (Å²) in [5, 5.41) is 0. The minimum Gasteiger partial charge on any atom is -0.298 e. The van der Waals surface area contributed by atoms with Gasteiger partial charge >= 0.3 is 0 Å². The average molecular weight is 335 g/mol. The quantitative estimate of drug-likeness (QED) is 0.724. The molecule has 130 valence electrons. The molecule has 0 spiro atoms. The van der Waals surface area contributed by atoms with Crippen molar-refractivity contribution in [3.8, 4) is 0 Å². The number of nitrogens with zero attached hydrogens (tertiary/aromatic N) is 1. The standard InChI is InChI=1S/C23H26FN/c24-23-12-5-4-9-19(23)13-14-22-20-10-6-11-21(22)17-25(16-20)15-18-7-2-1-3-8-18/h1-5,7-9,12-14,20-22H,6,10-11,15-17H2. The molecule has 2 heteroatoms. The summed E-state index contributed by atoms with van der Waals surface area (Å²) in [4.78, 5) is 2.62. The predicted molar refractivity (Wildman–Crippen MR) is 101 cm³/mol. The molecule has 0 aromatic heterocycles. The van der Waals surface area contributed by atoms with Crippen LogP contribution < -0.4 is 0 Å². The van der Waals surface area contributed by atoms with Crippen LogP contribution in [0.1, 0.15) is 30.4 Å². The lowest BCUT2D eigenvalue weighted by molar-refractivity contribution is 0.0422. The summed E-state index contributed by atoms with van der Waals surface area (Å²) >= 11 is 0. The molecule has 0 amide bonds. The molecule has 0 N–H and O–H groups in total. The van der Waals surface area contributed by atoms with Gasteiger partial charge in [0.25, 0.3) is 0 Å². The SMILES string of the molecule is Fc1ccccc1C=CC1C2CCCC1CN(Cc1ccccc1)C2. The number of likely N-dealkylation sites (tertiary alicyclic amines) is 1. The topological polar surface area (TPSA) is 3.24 Å². The molecule has 2 unspecified atom stereocenters. The molecule has 1 saturated heterocycles. The Kier molecular flexibility index (Phi) is 4.98. The highest BCUT2D eigenvalue weighted by molar-refractivity contribution is 5.50. The van der Waals surface area contributed by atoms with Crippen LogP contribution in [0, 0.1) is 23.6 Å². The number of rotatable bonds is 4. The summed E-state index contributed by atoms with van der Waals surface area (Å²) < 4.78 is 13.9. The monoisotopic (exact) mass is 335 g/mol. The first-order valence-electron chi connectivity index (χ1n) is 9.48. The molecule has 2 aliphatic rings. The molecule has 1 nitrogen and oxygen atoms in total. The zero-order valence-corrected chi connectivity index (χ0v) is 14.7. The summed E-state index contributed by atoms with van der Waals surface area (Å²) in [6.45, 7) is 3.38. The second-order valence-electron chi connectivity index (χ2n) is 7.59. The molecule has 4 rings (SSSR count). The van der Waals surface area contributed by atoms with E-state index >= 15 is 0 Å². The van der Waals surface area contributed by atoms with Gasteiger partial charge in [-0.2, -0.15) is 0 Å². The Morgan fingerprint density at radius 1 is 0.920 bits per heavy atom. The first-order chi connectivity index (χ1) is 12.3. The zero-order valence-electron chi connectivity index (χ0n) is 14.7. The second kappa shape index (κ2) is 7.53. The van der Waals surface area contributed by atoms with Gasteiger partial charge in [0.1, 0.15) is 5.82 Å². The Labute approximate surface area is 150 Å². The fraction of sp³-hybridized carbons (Fsp3) is 0.391. The van der Waals surface area contributed by atoms with Crippen LogP contribution in [0.25, 0.3) is 6.08 Å². The highest BCUT2D eigenvalue weighted by Gasteiger charge is 2.37. The van der Waals surface area contributed by atoms with Gasteiger partial charge in [0, 0.05) is 25.2 Å². The molecule has 1 heterocycles. The third kappa shape index (κ3) is 3.85. The fourth-order valence-electron chi connectivity index (χ4n) is 4.69. The molecule has 1 aliphatic carbocycles. The maximum absolute atomic E-state index is 13.9. The summed E-state index contributed by atoms with van der Waals surface area (Å²) in [7, 11) is 0. The predicted octanol–water partition coefficient (Wildman–Crippen LogP) is 5.39. The van der Waals surface area contributed by atoms with Crippen LogP contribution in [0.5, 0.6) is 0 Å². The van der Waals surface area contributed by atoms with Crippen LogP contribution in [0.15, 0.2) is 60.7 Å². The van der Waals surface area contributed by atoms with Crippen LogP contribution in [0.3, 0.4) is 0 Å². The summed E-state index contributed by atoms with van der Waals surface area (Å²) in [5.41, 5.74) is 2.12. The number of allylic oxidation sites excluding steroid dienone is 1. The number of fused-ring (bicyclic) bond motifs is 2. The van der Waals surface area contributed by atoms with Gasteiger partial charge in [-0.1, -0.05) is 67.1 Å². The summed E-state index contributed by atoms with van der Waals surface area (Å²) in [6.07, 6.45) is 8.26. The molecule has 1 saturated carbocycles. The molecular weight excluding hydrogens is 309 g/mol. The van der Waals surface area contributed by atoms with Gasteiger partial charge in [0.15, 0.2) is 0 Å². The first kappa shape index (κ1) is 16.5. The molecule has 1 aliphatic heterocycles. The van der Waals surface area contributed by atoms with Crippen molar-refractivity contribution in [3.63, 3.8) is 0 Å². The Bertz CT molecular complexity index is 710. The number of piperidine rings is 1. The molecule has 2 fully saturated rings. The molecular formula is C23H26FN. The smallest absolute Gasteiger partial charge is 0.130 e. The average Bonchev–Trinajstić information content (AvgIpc) is 2.62. The van der Waals surface area contributed by atoms with E-state index in [0.29, 0.717) is 23.3 Å². The number of benzene rings is 2. The largest absolute Gasteiger partial charge is 0.298 e. The zero-order chi connectivity index (χ0) is 17.1. The molecule has 0 radical (unpaired) electrons. The van der Waals surface area contributed by atoms with E-state index in [1.165, 1.54) is 24.8 Å². The number of hydrogen-bond acceptors (Lipinski definition) is 1. The molecule has 2 atom stereocenters. The lowest BCUT2D eigenvalue weighted by atomic mass is 9.68. The Balaban J connectivity index is 1.46. The van der Waals surface area contributed by atoms with Crippen molar-refractivity contribution >= 4 is 6.08 Å². The third-order valence-corrected chi connectivity index (χ3v) is 5.88. The second-order valence-corrected chi connectivity index (χ2v) is 7.59. The van der Waals surface area contributed by atoms with E-state index in [-0.39, 0.29) is 5.82 Å². The Morgan fingerprint density at radius 3 is 2.32 bits per heavy atom. The van der Waals surface area contributed by atoms with Gasteiger partial charge in [-0.15, -0.1) is 0 Å². The molecule has 25 heavy (non-hydrogen) atoms. The van der Waals surface area contributed by atoms with E-state index in [1.54, 1.807) is 12.1 Å². The van der Waals surface area contributed by atoms with Crippen molar-refractivity contribution in [2.24, 2.45) is 17.8 Å². The van der Waals surface area contributed by atoms with Gasteiger partial charge in [0.05, 0.1) is 0 Å². The van der Waals surface area contributed by atoms with Crippen LogP contribution in [0.2, 0.25) is 0 Å². The Morgan fingerprint density at radius 2 is 1.60 bits per heavy atom. The molecule has 2 aromatic rings. The minimum atomic E-state index is -0.120. The van der Waals surface area contributed by atoms with Gasteiger partial charge in [-0.05, 0) is 42.2 Å². The van der Waals surface area contributed by atoms with Crippen molar-refractivity contribution in [1.29, 1.82) is 0 Å². The molecule has 2 bridgehead atoms. The van der Waals surface area contributed by atoms with Crippen LogP contribution in [-0.2, 0) is 6.54 Å². The van der Waals surface area contributed by atoms with E-state index < -0.39 is 0 Å². The van der Waals surface area contributed by atoms with Gasteiger partial charge < -0.3 is 0 Å². The number of hydrogen-bond donors (Lipinski definition) is 0. The van der Waals surface area contributed by atoms with E-state index in [1.807, 2.05) is 18.2 Å². The fourth-order valence-corrected chi connectivity index (χ4v) is 4.69. The number of halogens is 1. The van der Waals surface area contributed by atoms with Crippen molar-refractivity contribution in [3.05, 3.63) is 77.6 Å². The van der Waals surface area contributed by atoms with Gasteiger partial charge in [0.2, 0.25) is 0 Å². The van der Waals surface area contributed by atoms with Crippen LogP contribution >= 0.6 is 0 Å². The Hall–Kier alpha value is -1.93. The van der Waals surface area contributed by atoms with Crippen molar-refractivity contribution in [1.82, 2.24) is 4.90 Å². The molecule has 2 aromatic carbocycles. The van der Waals surface area contributed by atoms with E-state index in [0.717, 1.165) is 19.6 Å². The van der Waals surface area contributed by atoms with Crippen molar-refractivity contribution in [2.75, 3.05) is 13.1 Å². The van der Waals surface area contributed by atoms with E-state index in [9.17, 15) is 4.39 Å².